The number of carbonyl (C=O) groups excluding carboxylic acids is 1. The van der Waals surface area contributed by atoms with E-state index in [-0.39, 0.29) is 11.9 Å². The van der Waals surface area contributed by atoms with Gasteiger partial charge in [0.1, 0.15) is 11.9 Å². The first-order valence-electron chi connectivity index (χ1n) is 7.47. The number of nitrogens with zero attached hydrogens (tertiary/aromatic N) is 3. The molecule has 1 heterocycles. The minimum Gasteiger partial charge on any atom is -0.366 e. The zero-order valence-electron chi connectivity index (χ0n) is 13.6. The first kappa shape index (κ1) is 16.5. The molecule has 1 aromatic heterocycles. The van der Waals surface area contributed by atoms with Gasteiger partial charge in [-0.2, -0.15) is 5.26 Å². The van der Waals surface area contributed by atoms with Crippen LogP contribution in [0.2, 0.25) is 0 Å². The largest absolute Gasteiger partial charge is 0.366 e. The van der Waals surface area contributed by atoms with Crippen LogP contribution < -0.4 is 5.32 Å². The highest BCUT2D eigenvalue weighted by Gasteiger charge is 2.13. The van der Waals surface area contributed by atoms with Crippen molar-refractivity contribution in [2.45, 2.75) is 26.4 Å². The molecule has 0 aliphatic rings. The predicted octanol–water partition coefficient (Wildman–Crippen LogP) is 3.05. The molecule has 0 radical (unpaired) electrons. The fourth-order valence-corrected chi connectivity index (χ4v) is 1.96. The molecule has 0 saturated heterocycles. The lowest BCUT2D eigenvalue weighted by Crippen LogP contribution is -2.32. The number of amides is 1. The van der Waals surface area contributed by atoms with Gasteiger partial charge in [0.2, 0.25) is 0 Å². The van der Waals surface area contributed by atoms with Crippen LogP contribution in [0.4, 0.5) is 5.82 Å². The highest BCUT2D eigenvalue weighted by atomic mass is 16.2. The normalized spacial score (nSPS) is 10.2. The van der Waals surface area contributed by atoms with Gasteiger partial charge < -0.3 is 10.2 Å². The van der Waals surface area contributed by atoms with Gasteiger partial charge in [0.05, 0.1) is 5.56 Å². The second kappa shape index (κ2) is 7.41. The standard InChI is InChI=1S/C18H20N4O/c1-13(2)22(3)18(23)16-7-4-14(5-8-16)11-20-17-9-6-15(10-19)12-21-17/h4-9,12-13H,11H2,1-3H3,(H,20,21). The van der Waals surface area contributed by atoms with E-state index in [1.54, 1.807) is 24.1 Å². The Morgan fingerprint density at radius 1 is 1.26 bits per heavy atom. The van der Waals surface area contributed by atoms with Gasteiger partial charge in [0, 0.05) is 31.4 Å². The molecule has 2 aromatic rings. The molecule has 118 valence electrons. The first-order chi connectivity index (χ1) is 11.0. The van der Waals surface area contributed by atoms with Gasteiger partial charge in [-0.15, -0.1) is 0 Å². The van der Waals surface area contributed by atoms with Crippen molar-refractivity contribution >= 4 is 11.7 Å². The zero-order chi connectivity index (χ0) is 16.8. The average molecular weight is 308 g/mol. The molecule has 0 saturated carbocycles. The van der Waals surface area contributed by atoms with E-state index in [0.717, 1.165) is 5.56 Å². The van der Waals surface area contributed by atoms with E-state index >= 15 is 0 Å². The van der Waals surface area contributed by atoms with E-state index in [9.17, 15) is 4.79 Å². The van der Waals surface area contributed by atoms with Gasteiger partial charge in [-0.3, -0.25) is 4.79 Å². The highest BCUT2D eigenvalue weighted by Crippen LogP contribution is 2.11. The topological polar surface area (TPSA) is 69.0 Å². The number of nitrogens with one attached hydrogen (secondary N) is 1. The summed E-state index contributed by atoms with van der Waals surface area (Å²) in [6.45, 7) is 4.58. The second-order valence-corrected chi connectivity index (χ2v) is 5.60. The summed E-state index contributed by atoms with van der Waals surface area (Å²) < 4.78 is 0. The van der Waals surface area contributed by atoms with Gasteiger partial charge >= 0.3 is 0 Å². The maximum absolute atomic E-state index is 12.2. The van der Waals surface area contributed by atoms with Crippen molar-refractivity contribution in [1.82, 2.24) is 9.88 Å². The van der Waals surface area contributed by atoms with Crippen LogP contribution in [0.25, 0.3) is 0 Å². The molecule has 1 N–H and O–H groups in total. The Kier molecular flexibility index (Phi) is 5.32. The van der Waals surface area contributed by atoms with Crippen LogP contribution in [0.1, 0.15) is 35.3 Å². The van der Waals surface area contributed by atoms with Crippen molar-refractivity contribution in [3.8, 4) is 6.07 Å². The van der Waals surface area contributed by atoms with E-state index in [0.29, 0.717) is 23.5 Å². The summed E-state index contributed by atoms with van der Waals surface area (Å²) in [6, 6.07) is 13.2. The van der Waals surface area contributed by atoms with Crippen LogP contribution >= 0.6 is 0 Å². The van der Waals surface area contributed by atoms with Crippen LogP contribution in [0, 0.1) is 11.3 Å². The highest BCUT2D eigenvalue weighted by molar-refractivity contribution is 5.94. The Hall–Kier alpha value is -2.87. The smallest absolute Gasteiger partial charge is 0.253 e. The second-order valence-electron chi connectivity index (χ2n) is 5.60. The zero-order valence-corrected chi connectivity index (χ0v) is 13.6. The molecule has 1 amide bonds. The third-order valence-corrected chi connectivity index (χ3v) is 3.66. The van der Waals surface area contributed by atoms with Gasteiger partial charge in [-0.05, 0) is 43.7 Å². The monoisotopic (exact) mass is 308 g/mol. The fraction of sp³-hybridized carbons (Fsp3) is 0.278. The number of anilines is 1. The van der Waals surface area contributed by atoms with Crippen LogP contribution in [-0.2, 0) is 6.54 Å². The van der Waals surface area contributed by atoms with Gasteiger partial charge in [-0.25, -0.2) is 4.98 Å². The van der Waals surface area contributed by atoms with Gasteiger partial charge in [-0.1, -0.05) is 12.1 Å². The Morgan fingerprint density at radius 2 is 1.96 bits per heavy atom. The molecule has 23 heavy (non-hydrogen) atoms. The number of hydrogen-bond acceptors (Lipinski definition) is 4. The summed E-state index contributed by atoms with van der Waals surface area (Å²) in [4.78, 5) is 18.1. The van der Waals surface area contributed by atoms with Crippen molar-refractivity contribution in [1.29, 1.82) is 5.26 Å². The maximum atomic E-state index is 12.2. The molecule has 5 heteroatoms. The number of rotatable bonds is 5. The number of hydrogen-bond donors (Lipinski definition) is 1. The van der Waals surface area contributed by atoms with Crippen LogP contribution in [0.3, 0.4) is 0 Å². The SMILES string of the molecule is CC(C)N(C)C(=O)c1ccc(CNc2ccc(C#N)cn2)cc1. The van der Waals surface area contributed by atoms with Gasteiger partial charge in [0.25, 0.3) is 5.91 Å². The number of aromatic nitrogens is 1. The van der Waals surface area contributed by atoms with E-state index < -0.39 is 0 Å². The van der Waals surface area contributed by atoms with E-state index in [1.165, 1.54) is 6.20 Å². The molecule has 0 fully saturated rings. The number of carbonyl (C=O) groups is 1. The van der Waals surface area contributed by atoms with E-state index in [4.69, 9.17) is 5.26 Å². The van der Waals surface area contributed by atoms with Crippen LogP contribution in [0.15, 0.2) is 42.6 Å². The molecule has 0 bridgehead atoms. The molecule has 2 rings (SSSR count). The number of pyridine rings is 1. The lowest BCUT2D eigenvalue weighted by molar-refractivity contribution is 0.0755. The third-order valence-electron chi connectivity index (χ3n) is 3.66. The molecular weight excluding hydrogens is 288 g/mol. The molecule has 0 spiro atoms. The van der Waals surface area contributed by atoms with Crippen LogP contribution in [0.5, 0.6) is 0 Å². The van der Waals surface area contributed by atoms with Gasteiger partial charge in [0.15, 0.2) is 0 Å². The molecule has 1 aromatic carbocycles. The van der Waals surface area contributed by atoms with E-state index in [2.05, 4.69) is 10.3 Å². The summed E-state index contributed by atoms with van der Waals surface area (Å²) in [6.07, 6.45) is 1.53. The number of benzene rings is 1. The average Bonchev–Trinajstić information content (AvgIpc) is 2.59. The molecule has 0 aliphatic heterocycles. The summed E-state index contributed by atoms with van der Waals surface area (Å²) in [7, 11) is 1.80. The van der Waals surface area contributed by atoms with Crippen molar-refractivity contribution in [2.75, 3.05) is 12.4 Å². The molecule has 5 nitrogen and oxygen atoms in total. The Morgan fingerprint density at radius 3 is 2.48 bits per heavy atom. The first-order valence-corrected chi connectivity index (χ1v) is 7.47. The molecular formula is C18H20N4O. The lowest BCUT2D eigenvalue weighted by atomic mass is 10.1. The summed E-state index contributed by atoms with van der Waals surface area (Å²) in [5.41, 5.74) is 2.27. The van der Waals surface area contributed by atoms with E-state index in [1.807, 2.05) is 44.2 Å². The Labute approximate surface area is 136 Å². The van der Waals surface area contributed by atoms with Crippen molar-refractivity contribution in [3.05, 3.63) is 59.3 Å². The minimum atomic E-state index is 0.0215. The summed E-state index contributed by atoms with van der Waals surface area (Å²) in [5.74, 6) is 0.733. The summed E-state index contributed by atoms with van der Waals surface area (Å²) >= 11 is 0. The third kappa shape index (κ3) is 4.30. The van der Waals surface area contributed by atoms with Crippen molar-refractivity contribution in [2.24, 2.45) is 0 Å². The minimum absolute atomic E-state index is 0.0215. The number of nitriles is 1. The quantitative estimate of drug-likeness (QED) is 0.921. The molecule has 0 unspecified atom stereocenters. The van der Waals surface area contributed by atoms with Crippen LogP contribution in [-0.4, -0.2) is 28.9 Å². The molecule has 0 atom stereocenters. The maximum Gasteiger partial charge on any atom is 0.253 e. The predicted molar refractivity (Wildman–Crippen MR) is 90.0 cm³/mol. The Bertz CT molecular complexity index is 699. The Balaban J connectivity index is 1.97. The van der Waals surface area contributed by atoms with Crippen molar-refractivity contribution in [3.63, 3.8) is 0 Å². The lowest BCUT2D eigenvalue weighted by Gasteiger charge is -2.21. The molecule has 0 aliphatic carbocycles. The van der Waals surface area contributed by atoms with Crippen molar-refractivity contribution < 1.29 is 4.79 Å². The fourth-order valence-electron chi connectivity index (χ4n) is 1.96. The summed E-state index contributed by atoms with van der Waals surface area (Å²) in [5, 5.41) is 11.9.